The Morgan fingerprint density at radius 3 is 1.87 bits per heavy atom. The van der Waals surface area contributed by atoms with E-state index in [0.717, 1.165) is 5.56 Å². The summed E-state index contributed by atoms with van der Waals surface area (Å²) >= 11 is 0. The van der Waals surface area contributed by atoms with Gasteiger partial charge in [-0.25, -0.2) is 4.98 Å². The average molecular weight is 851 g/mol. The van der Waals surface area contributed by atoms with Gasteiger partial charge in [0, 0.05) is 17.8 Å². The van der Waals surface area contributed by atoms with Crippen LogP contribution in [0.3, 0.4) is 0 Å². The van der Waals surface area contributed by atoms with Crippen LogP contribution >= 0.6 is 0 Å². The Morgan fingerprint density at radius 1 is 0.825 bits per heavy atom. The zero-order valence-corrected chi connectivity index (χ0v) is 34.8. The number of benzene rings is 5. The molecule has 322 valence electrons. The molecule has 0 radical (unpaired) electrons. The van der Waals surface area contributed by atoms with Gasteiger partial charge in [0.05, 0.1) is 20.8 Å². The van der Waals surface area contributed by atoms with Crippen molar-refractivity contribution in [1.82, 2.24) is 19.5 Å². The minimum absolute atomic E-state index is 0.0443. The highest BCUT2D eigenvalue weighted by atomic mass is 16.6. The van der Waals surface area contributed by atoms with E-state index in [4.69, 9.17) is 29.4 Å². The number of rotatable bonds is 15. The molecule has 0 bridgehead atoms. The lowest BCUT2D eigenvalue weighted by atomic mass is 9.80. The topological polar surface area (TPSA) is 193 Å². The summed E-state index contributed by atoms with van der Waals surface area (Å²) in [7, 11) is 3.16. The second kappa shape index (κ2) is 17.9. The van der Waals surface area contributed by atoms with E-state index in [0.29, 0.717) is 40.4 Å². The van der Waals surface area contributed by atoms with Gasteiger partial charge in [-0.05, 0) is 71.6 Å². The number of esters is 1. The number of hydrogen-bond donors (Lipinski definition) is 3. The summed E-state index contributed by atoms with van der Waals surface area (Å²) in [4.78, 5) is 55.6. The van der Waals surface area contributed by atoms with Crippen LogP contribution in [0.2, 0.25) is 0 Å². The van der Waals surface area contributed by atoms with Crippen LogP contribution in [0.1, 0.15) is 36.5 Å². The molecule has 15 heteroatoms. The number of para-hydroxylation sites is 2. The average Bonchev–Trinajstić information content (AvgIpc) is 3.87. The molecule has 1 amide bonds. The van der Waals surface area contributed by atoms with E-state index in [1.165, 1.54) is 15.8 Å². The number of nitrogens with two attached hydrogens (primary N) is 1. The molecule has 7 aromatic rings. The van der Waals surface area contributed by atoms with E-state index in [1.54, 1.807) is 81.8 Å². The highest BCUT2D eigenvalue weighted by molar-refractivity contribution is 6.05. The number of imidazole rings is 1. The Kier molecular flexibility index (Phi) is 12.1. The van der Waals surface area contributed by atoms with Crippen molar-refractivity contribution in [3.63, 3.8) is 0 Å². The summed E-state index contributed by atoms with van der Waals surface area (Å²) in [5, 5.41) is 12.7. The van der Waals surface area contributed by atoms with Gasteiger partial charge in [0.15, 0.2) is 17.3 Å². The highest BCUT2D eigenvalue weighted by Crippen LogP contribution is 2.46. The second-order valence-corrected chi connectivity index (χ2v) is 14.9. The maximum absolute atomic E-state index is 16.0. The van der Waals surface area contributed by atoms with Crippen LogP contribution in [-0.4, -0.2) is 75.6 Å². The normalized spacial score (nSPS) is 18.5. The van der Waals surface area contributed by atoms with Crippen molar-refractivity contribution in [2.24, 2.45) is 0 Å². The van der Waals surface area contributed by atoms with Gasteiger partial charge in [0.2, 0.25) is 5.95 Å². The number of nitrogens with zero attached hydrogens (tertiary/aromatic N) is 4. The number of fused-ring (bicyclic) bond motifs is 1. The first-order chi connectivity index (χ1) is 30.6. The van der Waals surface area contributed by atoms with Gasteiger partial charge in [0.1, 0.15) is 35.6 Å². The third kappa shape index (κ3) is 7.77. The number of aromatic amines is 1. The quantitative estimate of drug-likeness (QED) is 0.0781. The van der Waals surface area contributed by atoms with Crippen LogP contribution in [0.4, 0.5) is 17.3 Å². The van der Waals surface area contributed by atoms with Gasteiger partial charge in [-0.3, -0.25) is 28.8 Å². The number of methoxy groups -OCH3 is 2. The molecule has 3 heterocycles. The molecule has 4 N–H and O–H groups in total. The van der Waals surface area contributed by atoms with Crippen LogP contribution in [0.15, 0.2) is 151 Å². The number of carbonyl (C=O) groups is 2. The molecule has 8 rings (SSSR count). The summed E-state index contributed by atoms with van der Waals surface area (Å²) in [6.45, 7) is 1.42. The molecule has 1 aliphatic rings. The first-order valence-electron chi connectivity index (χ1n) is 20.4. The Morgan fingerprint density at radius 2 is 1.35 bits per heavy atom. The fourth-order valence-corrected chi connectivity index (χ4v) is 8.10. The number of aromatic nitrogens is 4. The fraction of sp³-hybridized carbons (Fsp3) is 0.229. The SMILES string of the molecule is CCCC(=O)O[C@@H]1[C@H](O)[C@@H](COC(c2ccccc2)(c2ccc(OC)cc2)c2ccc(OC)cc2)O[C@@]1(C(=O)N(c1ccccc1)c1ccccc1)n1cnc2c(=O)[nH]c(N)nc21. The van der Waals surface area contributed by atoms with Crippen LogP contribution < -0.4 is 25.7 Å². The second-order valence-electron chi connectivity index (χ2n) is 14.9. The molecule has 1 aliphatic heterocycles. The molecule has 15 nitrogen and oxygen atoms in total. The Hall–Kier alpha value is -7.33. The lowest BCUT2D eigenvalue weighted by Crippen LogP contribution is -2.58. The third-order valence-electron chi connectivity index (χ3n) is 11.1. The summed E-state index contributed by atoms with van der Waals surface area (Å²) in [6.07, 6.45) is -3.32. The lowest BCUT2D eigenvalue weighted by Gasteiger charge is -2.38. The van der Waals surface area contributed by atoms with E-state index >= 15 is 4.79 Å². The predicted octanol–water partition coefficient (Wildman–Crippen LogP) is 6.22. The van der Waals surface area contributed by atoms with Gasteiger partial charge in [-0.15, -0.1) is 0 Å². The van der Waals surface area contributed by atoms with Gasteiger partial charge < -0.3 is 34.5 Å². The first-order valence-corrected chi connectivity index (χ1v) is 20.4. The minimum atomic E-state index is -2.49. The van der Waals surface area contributed by atoms with Crippen LogP contribution in [-0.2, 0) is 35.1 Å². The number of anilines is 3. The number of aliphatic hydroxyl groups is 1. The Balaban J connectivity index is 1.34. The number of carbonyl (C=O) groups excluding carboxylic acids is 2. The number of nitrogens with one attached hydrogen (secondary N) is 1. The van der Waals surface area contributed by atoms with E-state index in [9.17, 15) is 14.7 Å². The Bertz CT molecular complexity index is 2640. The van der Waals surface area contributed by atoms with E-state index in [1.807, 2.05) is 78.9 Å². The molecule has 1 saturated heterocycles. The number of amides is 1. The standard InChI is InChI=1S/C48H46N6O9/c1-4-14-39(55)62-42-41(56)38(29-61-47(31-15-8-5-9-16-31,32-21-25-36(59-2)26-22-32)33-23-27-37(60-3)28-24-33)63-48(42,53-30-50-40-43(53)51-46(49)52-44(40)57)45(58)54(34-17-10-6-11-18-34)35-19-12-7-13-20-35/h5-13,15-28,30,38,41-42,56H,4,14,29H2,1-3H3,(H3,49,51,52,57)/t38-,41-,42-,48+/m1/s1. The molecule has 0 unspecified atom stereocenters. The van der Waals surface area contributed by atoms with E-state index < -0.39 is 47.1 Å². The maximum atomic E-state index is 16.0. The summed E-state index contributed by atoms with van der Waals surface area (Å²) < 4.78 is 32.6. The smallest absolute Gasteiger partial charge is 0.306 e. The number of nitrogen functional groups attached to an aromatic ring is 1. The minimum Gasteiger partial charge on any atom is -0.497 e. The van der Waals surface area contributed by atoms with Crippen molar-refractivity contribution in [2.45, 2.75) is 49.4 Å². The van der Waals surface area contributed by atoms with Crippen LogP contribution in [0, 0.1) is 0 Å². The molecule has 2 aromatic heterocycles. The molecule has 0 spiro atoms. The zero-order valence-electron chi connectivity index (χ0n) is 34.8. The molecular formula is C48H46N6O9. The van der Waals surface area contributed by atoms with E-state index in [2.05, 4.69) is 15.0 Å². The molecule has 4 atom stereocenters. The summed E-state index contributed by atoms with van der Waals surface area (Å²) in [6, 6.07) is 41.9. The number of aliphatic hydroxyl groups excluding tert-OH is 1. The largest absolute Gasteiger partial charge is 0.497 e. The van der Waals surface area contributed by atoms with Crippen molar-refractivity contribution >= 4 is 40.4 Å². The number of hydrogen-bond acceptors (Lipinski definition) is 12. The van der Waals surface area contributed by atoms with Crippen molar-refractivity contribution < 1.29 is 38.4 Å². The first kappa shape index (κ1) is 42.4. The number of H-pyrrole nitrogens is 1. The van der Waals surface area contributed by atoms with Crippen molar-refractivity contribution in [3.8, 4) is 11.5 Å². The van der Waals surface area contributed by atoms with Crippen molar-refractivity contribution in [1.29, 1.82) is 0 Å². The highest BCUT2D eigenvalue weighted by Gasteiger charge is 2.65. The van der Waals surface area contributed by atoms with Gasteiger partial charge in [-0.2, -0.15) is 4.98 Å². The van der Waals surface area contributed by atoms with Gasteiger partial charge >= 0.3 is 5.97 Å². The summed E-state index contributed by atoms with van der Waals surface area (Å²) in [5.74, 6) is -0.557. The maximum Gasteiger partial charge on any atom is 0.306 e. The molecule has 0 saturated carbocycles. The zero-order chi connectivity index (χ0) is 44.1. The van der Waals surface area contributed by atoms with Crippen molar-refractivity contribution in [3.05, 3.63) is 173 Å². The molecule has 1 fully saturated rings. The van der Waals surface area contributed by atoms with Gasteiger partial charge in [0.25, 0.3) is 17.2 Å². The van der Waals surface area contributed by atoms with E-state index in [-0.39, 0.29) is 30.1 Å². The van der Waals surface area contributed by atoms with Crippen molar-refractivity contribution in [2.75, 3.05) is 31.5 Å². The molecule has 0 aliphatic carbocycles. The predicted molar refractivity (Wildman–Crippen MR) is 234 cm³/mol. The molecular weight excluding hydrogens is 805 g/mol. The Labute approximate surface area is 362 Å². The van der Waals surface area contributed by atoms with Crippen LogP contribution in [0.5, 0.6) is 11.5 Å². The fourth-order valence-electron chi connectivity index (χ4n) is 8.10. The molecule has 5 aromatic carbocycles. The monoisotopic (exact) mass is 850 g/mol. The number of ether oxygens (including phenoxy) is 5. The molecule has 63 heavy (non-hydrogen) atoms. The van der Waals surface area contributed by atoms with Crippen LogP contribution in [0.25, 0.3) is 11.2 Å². The van der Waals surface area contributed by atoms with Gasteiger partial charge in [-0.1, -0.05) is 97.9 Å². The summed E-state index contributed by atoms with van der Waals surface area (Å²) in [5.41, 5.74) is 4.16. The lowest BCUT2D eigenvalue weighted by molar-refractivity contribution is -0.188. The third-order valence-corrected chi connectivity index (χ3v) is 11.1.